The highest BCUT2D eigenvalue weighted by Gasteiger charge is 2.34. The van der Waals surface area contributed by atoms with E-state index in [-0.39, 0.29) is 24.2 Å². The normalized spacial score (nSPS) is 23.7. The summed E-state index contributed by atoms with van der Waals surface area (Å²) in [6.07, 6.45) is 9.64. The lowest BCUT2D eigenvalue weighted by atomic mass is 9.89. The van der Waals surface area contributed by atoms with Crippen molar-refractivity contribution in [3.05, 3.63) is 42.4 Å². The molecule has 0 unspecified atom stereocenters. The Labute approximate surface area is 202 Å². The third-order valence-electron chi connectivity index (χ3n) is 7.47. The monoisotopic (exact) mass is 475 g/mol. The minimum Gasteiger partial charge on any atom is -0.381 e. The van der Waals surface area contributed by atoms with Crippen LogP contribution in [0, 0.1) is 0 Å². The Kier molecular flexibility index (Phi) is 5.42. The Morgan fingerprint density at radius 3 is 2.74 bits per heavy atom. The van der Waals surface area contributed by atoms with Crippen LogP contribution in [-0.4, -0.2) is 69.6 Å². The molecule has 0 aliphatic heterocycles. The zero-order chi connectivity index (χ0) is 24.1. The highest BCUT2D eigenvalue weighted by Crippen LogP contribution is 2.39. The second kappa shape index (κ2) is 8.62. The van der Waals surface area contributed by atoms with E-state index in [0.717, 1.165) is 53.8 Å². The average Bonchev–Trinajstić information content (AvgIpc) is 3.43. The van der Waals surface area contributed by atoms with Gasteiger partial charge in [-0.1, -0.05) is 0 Å². The molecule has 1 amide bonds. The molecule has 2 atom stereocenters. The number of ether oxygens (including phenoxy) is 2. The quantitative estimate of drug-likeness (QED) is 0.423. The van der Waals surface area contributed by atoms with Crippen molar-refractivity contribution in [1.29, 1.82) is 0 Å². The predicted molar refractivity (Wildman–Crippen MR) is 132 cm³/mol. The molecule has 4 aromatic rings. The molecular weight excluding hydrogens is 446 g/mol. The number of carbonyl (C=O) groups excluding carboxylic acids is 1. The molecule has 10 heteroatoms. The van der Waals surface area contributed by atoms with Crippen LogP contribution >= 0.6 is 0 Å². The Bertz CT molecular complexity index is 1400. The van der Waals surface area contributed by atoms with Crippen molar-refractivity contribution in [2.24, 2.45) is 0 Å². The second-order valence-corrected chi connectivity index (χ2v) is 9.31. The maximum Gasteiger partial charge on any atom is 0.257 e. The van der Waals surface area contributed by atoms with Gasteiger partial charge in [-0.2, -0.15) is 9.61 Å². The molecule has 0 bridgehead atoms. The number of nitrogens with one attached hydrogen (secondary N) is 2. The van der Waals surface area contributed by atoms with Gasteiger partial charge in [0.25, 0.3) is 5.91 Å². The van der Waals surface area contributed by atoms with Gasteiger partial charge in [-0.05, 0) is 37.8 Å². The molecule has 2 aliphatic carbocycles. The van der Waals surface area contributed by atoms with E-state index in [1.165, 1.54) is 0 Å². The number of methoxy groups -OCH3 is 2. The van der Waals surface area contributed by atoms with Crippen LogP contribution < -0.4 is 10.6 Å². The van der Waals surface area contributed by atoms with Crippen LogP contribution in [0.5, 0.6) is 0 Å². The predicted octanol–water partition coefficient (Wildman–Crippen LogP) is 3.04. The largest absolute Gasteiger partial charge is 0.381 e. The number of carbonyl (C=O) groups is 1. The van der Waals surface area contributed by atoms with Crippen LogP contribution in [0.25, 0.3) is 27.9 Å². The Morgan fingerprint density at radius 2 is 2.03 bits per heavy atom. The number of pyridine rings is 1. The van der Waals surface area contributed by atoms with Gasteiger partial charge in [0.05, 0.1) is 30.1 Å². The van der Waals surface area contributed by atoms with Crippen molar-refractivity contribution >= 4 is 28.4 Å². The number of hydrogen-bond donors (Lipinski definition) is 2. The van der Waals surface area contributed by atoms with Gasteiger partial charge < -0.3 is 24.7 Å². The van der Waals surface area contributed by atoms with Crippen molar-refractivity contribution < 1.29 is 14.3 Å². The Hall–Kier alpha value is -3.50. The maximum absolute atomic E-state index is 13.1. The number of rotatable bonds is 7. The van der Waals surface area contributed by atoms with E-state index in [9.17, 15) is 4.79 Å². The lowest BCUT2D eigenvalue weighted by Crippen LogP contribution is -2.51. The molecule has 0 aromatic carbocycles. The maximum atomic E-state index is 13.1. The number of fused-ring (bicyclic) bond motifs is 2. The highest BCUT2D eigenvalue weighted by molar-refractivity contribution is 6.01. The molecule has 2 saturated carbocycles. The van der Waals surface area contributed by atoms with Gasteiger partial charge in [0, 0.05) is 56.7 Å². The van der Waals surface area contributed by atoms with Crippen molar-refractivity contribution in [2.75, 3.05) is 26.6 Å². The lowest BCUT2D eigenvalue weighted by Gasteiger charge is -2.35. The fraction of sp³-hybridized carbons (Fsp3) is 0.440. The third-order valence-corrected chi connectivity index (χ3v) is 7.47. The standard InChI is InChI=1S/C25H29N7O3/c1-26-22-11-20(18-13-31(14-9-15(10-14)34-2)23-16(18)5-4-8-27-23)29-24-17(12-28-32(22)24)25(33)30-19-6-7-21(19)35-3/h4-5,8,11-15,19,21,26H,6-7,9-10H2,1-3H3,(H,30,33)/t14?,15?,19-,21-/m0/s1. The first-order valence-electron chi connectivity index (χ1n) is 12.0. The number of anilines is 1. The van der Waals surface area contributed by atoms with E-state index in [0.29, 0.717) is 17.3 Å². The third kappa shape index (κ3) is 3.55. The van der Waals surface area contributed by atoms with E-state index in [4.69, 9.17) is 14.5 Å². The summed E-state index contributed by atoms with van der Waals surface area (Å²) in [6, 6.07) is 6.31. The molecule has 10 nitrogen and oxygen atoms in total. The molecule has 4 heterocycles. The first-order chi connectivity index (χ1) is 17.1. The molecule has 2 aliphatic rings. The smallest absolute Gasteiger partial charge is 0.257 e. The van der Waals surface area contributed by atoms with Gasteiger partial charge in [-0.3, -0.25) is 4.79 Å². The van der Waals surface area contributed by atoms with Gasteiger partial charge >= 0.3 is 0 Å². The molecule has 2 N–H and O–H groups in total. The van der Waals surface area contributed by atoms with Crippen molar-refractivity contribution in [3.63, 3.8) is 0 Å². The van der Waals surface area contributed by atoms with E-state index < -0.39 is 0 Å². The summed E-state index contributed by atoms with van der Waals surface area (Å²) in [7, 11) is 5.27. The molecule has 0 saturated heterocycles. The summed E-state index contributed by atoms with van der Waals surface area (Å²) >= 11 is 0. The lowest BCUT2D eigenvalue weighted by molar-refractivity contribution is 0.00731. The summed E-state index contributed by atoms with van der Waals surface area (Å²) in [6.45, 7) is 0. The van der Waals surface area contributed by atoms with Crippen molar-refractivity contribution in [1.82, 2.24) is 29.5 Å². The van der Waals surface area contributed by atoms with Crippen LogP contribution in [0.2, 0.25) is 0 Å². The van der Waals surface area contributed by atoms with E-state index in [2.05, 4.69) is 37.5 Å². The molecule has 182 valence electrons. The number of nitrogens with zero attached hydrogens (tertiary/aromatic N) is 5. The van der Waals surface area contributed by atoms with Gasteiger partial charge in [-0.25, -0.2) is 9.97 Å². The van der Waals surface area contributed by atoms with E-state index >= 15 is 0 Å². The van der Waals surface area contributed by atoms with E-state index in [1.807, 2.05) is 25.4 Å². The zero-order valence-corrected chi connectivity index (χ0v) is 20.1. The van der Waals surface area contributed by atoms with Gasteiger partial charge in [0.15, 0.2) is 5.65 Å². The second-order valence-electron chi connectivity index (χ2n) is 9.31. The highest BCUT2D eigenvalue weighted by atomic mass is 16.5. The minimum absolute atomic E-state index is 0.0110. The number of amides is 1. The zero-order valence-electron chi connectivity index (χ0n) is 20.1. The number of hydrogen-bond acceptors (Lipinski definition) is 7. The SMILES string of the molecule is CNc1cc(-c2cn(C3CC(OC)C3)c3ncccc23)nc2c(C(=O)N[C@H]3CC[C@@H]3OC)cnn12. The summed E-state index contributed by atoms with van der Waals surface area (Å²) in [5.74, 6) is 0.554. The molecule has 6 rings (SSSR count). The minimum atomic E-state index is -0.192. The van der Waals surface area contributed by atoms with E-state index in [1.54, 1.807) is 24.9 Å². The Balaban J connectivity index is 1.42. The summed E-state index contributed by atoms with van der Waals surface area (Å²) < 4.78 is 14.8. The molecule has 35 heavy (non-hydrogen) atoms. The summed E-state index contributed by atoms with van der Waals surface area (Å²) in [5, 5.41) is 11.7. The summed E-state index contributed by atoms with van der Waals surface area (Å²) in [5.41, 5.74) is 3.60. The topological polar surface area (TPSA) is 108 Å². The van der Waals surface area contributed by atoms with Gasteiger partial charge in [0.2, 0.25) is 0 Å². The van der Waals surface area contributed by atoms with Crippen LogP contribution in [-0.2, 0) is 9.47 Å². The Morgan fingerprint density at radius 1 is 1.17 bits per heavy atom. The van der Waals surface area contributed by atoms with Crippen LogP contribution in [0.4, 0.5) is 5.82 Å². The van der Waals surface area contributed by atoms with Crippen LogP contribution in [0.3, 0.4) is 0 Å². The van der Waals surface area contributed by atoms with Gasteiger partial charge in [-0.15, -0.1) is 0 Å². The fourth-order valence-corrected chi connectivity index (χ4v) is 5.12. The number of aromatic nitrogens is 5. The molecule has 4 aromatic heterocycles. The van der Waals surface area contributed by atoms with Crippen LogP contribution in [0.1, 0.15) is 42.1 Å². The molecular formula is C25H29N7O3. The van der Waals surface area contributed by atoms with Crippen LogP contribution in [0.15, 0.2) is 36.8 Å². The fourth-order valence-electron chi connectivity index (χ4n) is 5.12. The summed E-state index contributed by atoms with van der Waals surface area (Å²) in [4.78, 5) is 22.7. The first kappa shape index (κ1) is 22.0. The van der Waals surface area contributed by atoms with Gasteiger partial charge in [0.1, 0.15) is 17.0 Å². The first-order valence-corrected chi connectivity index (χ1v) is 12.0. The molecule has 0 spiro atoms. The molecule has 2 fully saturated rings. The van der Waals surface area contributed by atoms with Crippen molar-refractivity contribution in [2.45, 2.75) is 50.0 Å². The molecule has 0 radical (unpaired) electrons. The van der Waals surface area contributed by atoms with Crippen molar-refractivity contribution in [3.8, 4) is 11.3 Å². The average molecular weight is 476 g/mol.